The van der Waals surface area contributed by atoms with Crippen molar-refractivity contribution in [2.75, 3.05) is 11.9 Å². The highest BCUT2D eigenvalue weighted by Crippen LogP contribution is 2.41. The number of tetrazole rings is 1. The van der Waals surface area contributed by atoms with E-state index < -0.39 is 0 Å². The molecule has 1 aliphatic heterocycles. The second-order valence-corrected chi connectivity index (χ2v) is 6.52. The lowest BCUT2D eigenvalue weighted by atomic mass is 9.87. The Hall–Kier alpha value is -1.70. The van der Waals surface area contributed by atoms with Crippen LogP contribution in [0.3, 0.4) is 0 Å². The van der Waals surface area contributed by atoms with Gasteiger partial charge < -0.3 is 10.1 Å². The number of urea groups is 1. The molecule has 1 atom stereocenters. The van der Waals surface area contributed by atoms with E-state index in [1.807, 2.05) is 6.92 Å². The van der Waals surface area contributed by atoms with Gasteiger partial charge in [0, 0.05) is 19.0 Å². The number of carbonyl (C=O) groups excluding carboxylic acids is 1. The topological polar surface area (TPSA) is 94.0 Å². The summed E-state index contributed by atoms with van der Waals surface area (Å²) >= 11 is 0. The van der Waals surface area contributed by atoms with Crippen molar-refractivity contribution in [3.8, 4) is 0 Å². The molecule has 0 saturated carbocycles. The molecule has 1 aliphatic rings. The van der Waals surface area contributed by atoms with E-state index in [9.17, 15) is 4.79 Å². The molecule has 8 heteroatoms. The van der Waals surface area contributed by atoms with Gasteiger partial charge in [0.1, 0.15) is 0 Å². The molecule has 2 heterocycles. The number of carbonyl (C=O) groups is 1. The maximum atomic E-state index is 11.9. The van der Waals surface area contributed by atoms with Crippen LogP contribution in [0.5, 0.6) is 0 Å². The summed E-state index contributed by atoms with van der Waals surface area (Å²) in [6.45, 7) is 11.3. The number of anilines is 1. The Balaban J connectivity index is 1.87. The van der Waals surface area contributed by atoms with Crippen LogP contribution in [0.25, 0.3) is 0 Å². The first-order valence-electron chi connectivity index (χ1n) is 7.25. The maximum absolute atomic E-state index is 11.9. The number of nitrogens with zero attached hydrogens (tertiary/aromatic N) is 4. The standard InChI is InChI=1S/C13H24N6O2/c1-6-19-10(16-17-18-19)15-11(20)14-8-9-7-12(2,3)21-13(9,4)5/h9H,6-8H2,1-5H3,(H2,14,15,16,18,20). The first kappa shape index (κ1) is 15.7. The number of nitrogens with one attached hydrogen (secondary N) is 2. The van der Waals surface area contributed by atoms with E-state index in [1.54, 1.807) is 0 Å². The molecule has 8 nitrogen and oxygen atoms in total. The summed E-state index contributed by atoms with van der Waals surface area (Å²) in [5.74, 6) is 0.609. The monoisotopic (exact) mass is 296 g/mol. The SMILES string of the molecule is CCn1nnnc1NC(=O)NCC1CC(C)(C)OC1(C)C. The first-order chi connectivity index (χ1) is 9.73. The Morgan fingerprint density at radius 1 is 1.43 bits per heavy atom. The van der Waals surface area contributed by atoms with Crippen molar-refractivity contribution in [3.05, 3.63) is 0 Å². The zero-order valence-electron chi connectivity index (χ0n) is 13.3. The van der Waals surface area contributed by atoms with E-state index in [-0.39, 0.29) is 23.2 Å². The number of aromatic nitrogens is 4. The van der Waals surface area contributed by atoms with Gasteiger partial charge in [0.15, 0.2) is 0 Å². The molecule has 1 unspecified atom stereocenters. The van der Waals surface area contributed by atoms with Crippen molar-refractivity contribution >= 4 is 12.0 Å². The number of hydrogen-bond acceptors (Lipinski definition) is 5. The molecule has 0 spiro atoms. The number of aryl methyl sites for hydroxylation is 1. The largest absolute Gasteiger partial charge is 0.369 e. The molecule has 1 aromatic rings. The lowest BCUT2D eigenvalue weighted by Gasteiger charge is -2.27. The van der Waals surface area contributed by atoms with Crippen LogP contribution in [-0.2, 0) is 11.3 Å². The second kappa shape index (κ2) is 5.59. The van der Waals surface area contributed by atoms with Crippen LogP contribution in [0.1, 0.15) is 41.0 Å². The molecule has 1 fully saturated rings. The van der Waals surface area contributed by atoms with Gasteiger partial charge >= 0.3 is 6.03 Å². The van der Waals surface area contributed by atoms with Crippen molar-refractivity contribution in [1.82, 2.24) is 25.5 Å². The van der Waals surface area contributed by atoms with Crippen molar-refractivity contribution in [1.29, 1.82) is 0 Å². The molecule has 2 amide bonds. The van der Waals surface area contributed by atoms with Gasteiger partial charge in [-0.3, -0.25) is 5.32 Å². The summed E-state index contributed by atoms with van der Waals surface area (Å²) in [5, 5.41) is 16.6. The molecule has 0 aliphatic carbocycles. The van der Waals surface area contributed by atoms with E-state index in [0.29, 0.717) is 19.0 Å². The first-order valence-corrected chi connectivity index (χ1v) is 7.25. The highest BCUT2D eigenvalue weighted by molar-refractivity contribution is 5.87. The summed E-state index contributed by atoms with van der Waals surface area (Å²) in [6, 6.07) is -0.306. The zero-order valence-corrected chi connectivity index (χ0v) is 13.3. The maximum Gasteiger partial charge on any atom is 0.321 e. The molecular formula is C13H24N6O2. The van der Waals surface area contributed by atoms with Gasteiger partial charge in [0.2, 0.25) is 0 Å². The van der Waals surface area contributed by atoms with Crippen LogP contribution >= 0.6 is 0 Å². The van der Waals surface area contributed by atoms with Crippen LogP contribution < -0.4 is 10.6 Å². The third-order valence-electron chi connectivity index (χ3n) is 3.83. The van der Waals surface area contributed by atoms with E-state index in [0.717, 1.165) is 6.42 Å². The van der Waals surface area contributed by atoms with Crippen molar-refractivity contribution < 1.29 is 9.53 Å². The van der Waals surface area contributed by atoms with Crippen LogP contribution in [0.15, 0.2) is 0 Å². The van der Waals surface area contributed by atoms with E-state index >= 15 is 0 Å². The Morgan fingerprint density at radius 2 is 2.14 bits per heavy atom. The summed E-state index contributed by atoms with van der Waals surface area (Å²) in [4.78, 5) is 11.9. The molecule has 0 aromatic carbocycles. The van der Waals surface area contributed by atoms with Gasteiger partial charge in [-0.25, -0.2) is 9.48 Å². The smallest absolute Gasteiger partial charge is 0.321 e. The minimum Gasteiger partial charge on any atom is -0.369 e. The molecule has 2 rings (SSSR count). The number of ether oxygens (including phenoxy) is 1. The summed E-state index contributed by atoms with van der Waals surface area (Å²) in [7, 11) is 0. The van der Waals surface area contributed by atoms with Crippen LogP contribution in [0.2, 0.25) is 0 Å². The minimum atomic E-state index is -0.306. The second-order valence-electron chi connectivity index (χ2n) is 6.52. The lowest BCUT2D eigenvalue weighted by Crippen LogP contribution is -2.39. The van der Waals surface area contributed by atoms with Crippen molar-refractivity contribution in [2.24, 2.45) is 5.92 Å². The normalized spacial score (nSPS) is 23.0. The number of hydrogen-bond donors (Lipinski definition) is 2. The Labute approximate surface area is 124 Å². The molecule has 2 N–H and O–H groups in total. The Morgan fingerprint density at radius 3 is 2.71 bits per heavy atom. The van der Waals surface area contributed by atoms with E-state index in [1.165, 1.54) is 4.68 Å². The lowest BCUT2D eigenvalue weighted by molar-refractivity contribution is -0.0740. The van der Waals surface area contributed by atoms with Crippen LogP contribution in [-0.4, -0.2) is 44.0 Å². The molecule has 21 heavy (non-hydrogen) atoms. The fourth-order valence-corrected chi connectivity index (χ4v) is 2.86. The van der Waals surface area contributed by atoms with Gasteiger partial charge in [-0.2, -0.15) is 0 Å². The fraction of sp³-hybridized carbons (Fsp3) is 0.846. The third-order valence-corrected chi connectivity index (χ3v) is 3.83. The van der Waals surface area contributed by atoms with Gasteiger partial charge in [0.05, 0.1) is 11.2 Å². The fourth-order valence-electron chi connectivity index (χ4n) is 2.86. The summed E-state index contributed by atoms with van der Waals surface area (Å²) in [5.41, 5.74) is -0.402. The highest BCUT2D eigenvalue weighted by atomic mass is 16.5. The van der Waals surface area contributed by atoms with Gasteiger partial charge in [-0.15, -0.1) is 0 Å². The van der Waals surface area contributed by atoms with Gasteiger partial charge in [-0.1, -0.05) is 5.10 Å². The molecule has 0 radical (unpaired) electrons. The van der Waals surface area contributed by atoms with Gasteiger partial charge in [0.25, 0.3) is 5.95 Å². The summed E-state index contributed by atoms with van der Waals surface area (Å²) in [6.07, 6.45) is 0.910. The Kier molecular flexibility index (Phi) is 4.18. The molecular weight excluding hydrogens is 272 g/mol. The molecule has 0 bridgehead atoms. The quantitative estimate of drug-likeness (QED) is 0.876. The predicted molar refractivity (Wildman–Crippen MR) is 77.9 cm³/mol. The zero-order chi connectivity index (χ0) is 15.7. The average molecular weight is 296 g/mol. The van der Waals surface area contributed by atoms with E-state index in [4.69, 9.17) is 4.74 Å². The average Bonchev–Trinajstić information content (AvgIpc) is 2.87. The molecule has 1 saturated heterocycles. The molecule has 1 aromatic heterocycles. The van der Waals surface area contributed by atoms with Crippen LogP contribution in [0, 0.1) is 5.92 Å². The minimum absolute atomic E-state index is 0.154. The number of amides is 2. The predicted octanol–water partition coefficient (Wildman–Crippen LogP) is 1.41. The van der Waals surface area contributed by atoms with Crippen molar-refractivity contribution in [3.63, 3.8) is 0 Å². The van der Waals surface area contributed by atoms with Crippen LogP contribution in [0.4, 0.5) is 10.7 Å². The number of rotatable bonds is 4. The highest BCUT2D eigenvalue weighted by Gasteiger charge is 2.45. The third kappa shape index (κ3) is 3.69. The Bertz CT molecular complexity index is 511. The van der Waals surface area contributed by atoms with Gasteiger partial charge in [-0.05, 0) is 51.5 Å². The van der Waals surface area contributed by atoms with E-state index in [2.05, 4.69) is 53.9 Å². The molecule has 118 valence electrons. The summed E-state index contributed by atoms with van der Waals surface area (Å²) < 4.78 is 7.53. The van der Waals surface area contributed by atoms with Crippen molar-refractivity contribution in [2.45, 2.75) is 58.8 Å².